The van der Waals surface area contributed by atoms with Crippen LogP contribution in [0, 0.1) is 0 Å². The van der Waals surface area contributed by atoms with Gasteiger partial charge >= 0.3 is 0 Å². The molecule has 0 unspecified atom stereocenters. The van der Waals surface area contributed by atoms with Gasteiger partial charge in [0.25, 0.3) is 11.8 Å². The molecule has 0 aliphatic carbocycles. The first kappa shape index (κ1) is 15.0. The van der Waals surface area contributed by atoms with E-state index >= 15 is 0 Å². The Hall–Kier alpha value is -2.96. The van der Waals surface area contributed by atoms with Gasteiger partial charge in [-0.3, -0.25) is 14.6 Å². The Morgan fingerprint density at radius 3 is 2.22 bits per heavy atom. The lowest BCUT2D eigenvalue weighted by atomic mass is 10.1. The lowest BCUT2D eigenvalue weighted by Gasteiger charge is -2.34. The number of para-hydroxylation sites is 1. The Labute approximate surface area is 133 Å². The van der Waals surface area contributed by atoms with Crippen LogP contribution in [0.15, 0.2) is 42.9 Å². The number of nitrogens with zero attached hydrogens (tertiary/aromatic N) is 4. The van der Waals surface area contributed by atoms with Crippen molar-refractivity contribution in [3.05, 3.63) is 54.1 Å². The van der Waals surface area contributed by atoms with E-state index in [1.807, 2.05) is 0 Å². The standard InChI is InChI=1S/C16H16N4O3/c21-14-4-2-1-3-12(14)15(22)19-7-9-20(10-8-19)16(23)13-11-17-5-6-18-13/h1-6,11,21H,7-10H2. The van der Waals surface area contributed by atoms with Crippen LogP contribution in [0.3, 0.4) is 0 Å². The second kappa shape index (κ2) is 6.43. The number of phenolic OH excluding ortho intramolecular Hbond substituents is 1. The van der Waals surface area contributed by atoms with Gasteiger partial charge in [-0.2, -0.15) is 0 Å². The van der Waals surface area contributed by atoms with Crippen molar-refractivity contribution in [2.45, 2.75) is 0 Å². The second-order valence-corrected chi connectivity index (χ2v) is 5.19. The van der Waals surface area contributed by atoms with Crippen molar-refractivity contribution in [3.63, 3.8) is 0 Å². The zero-order valence-corrected chi connectivity index (χ0v) is 12.4. The van der Waals surface area contributed by atoms with Crippen molar-refractivity contribution >= 4 is 11.8 Å². The van der Waals surface area contributed by atoms with Crippen LogP contribution in [0.2, 0.25) is 0 Å². The maximum atomic E-state index is 12.4. The number of aromatic nitrogens is 2. The van der Waals surface area contributed by atoms with Crippen molar-refractivity contribution in [2.75, 3.05) is 26.2 Å². The quantitative estimate of drug-likeness (QED) is 0.885. The third-order valence-corrected chi connectivity index (χ3v) is 3.77. The van der Waals surface area contributed by atoms with Gasteiger partial charge < -0.3 is 14.9 Å². The molecule has 1 fully saturated rings. The van der Waals surface area contributed by atoms with Crippen molar-refractivity contribution < 1.29 is 14.7 Å². The SMILES string of the molecule is O=C(c1cnccn1)N1CCN(C(=O)c2ccccc2O)CC1. The predicted molar refractivity (Wildman–Crippen MR) is 81.9 cm³/mol. The molecule has 0 bridgehead atoms. The molecule has 1 N–H and O–H groups in total. The number of benzene rings is 1. The molecule has 0 spiro atoms. The highest BCUT2D eigenvalue weighted by molar-refractivity contribution is 5.97. The molecule has 0 atom stereocenters. The van der Waals surface area contributed by atoms with Gasteiger partial charge in [0, 0.05) is 38.6 Å². The lowest BCUT2D eigenvalue weighted by Crippen LogP contribution is -2.50. The lowest BCUT2D eigenvalue weighted by molar-refractivity contribution is 0.0530. The highest BCUT2D eigenvalue weighted by atomic mass is 16.3. The summed E-state index contributed by atoms with van der Waals surface area (Å²) in [5.74, 6) is -0.446. The van der Waals surface area contributed by atoms with E-state index < -0.39 is 0 Å². The van der Waals surface area contributed by atoms with Crippen LogP contribution >= 0.6 is 0 Å². The van der Waals surface area contributed by atoms with Crippen LogP contribution in [0.5, 0.6) is 5.75 Å². The predicted octanol–water partition coefficient (Wildman–Crippen LogP) is 0.780. The number of piperazine rings is 1. The summed E-state index contributed by atoms with van der Waals surface area (Å²) in [6.07, 6.45) is 4.42. The van der Waals surface area contributed by atoms with E-state index in [0.29, 0.717) is 31.9 Å². The Morgan fingerprint density at radius 1 is 0.957 bits per heavy atom. The minimum Gasteiger partial charge on any atom is -0.507 e. The number of carbonyl (C=O) groups is 2. The average Bonchev–Trinajstić information content (AvgIpc) is 2.62. The molecule has 3 rings (SSSR count). The van der Waals surface area contributed by atoms with Gasteiger partial charge in [-0.05, 0) is 12.1 Å². The highest BCUT2D eigenvalue weighted by Crippen LogP contribution is 2.19. The van der Waals surface area contributed by atoms with Gasteiger partial charge in [0.1, 0.15) is 11.4 Å². The Balaban J connectivity index is 1.64. The maximum absolute atomic E-state index is 12.4. The van der Waals surface area contributed by atoms with Crippen molar-refractivity contribution in [1.82, 2.24) is 19.8 Å². The highest BCUT2D eigenvalue weighted by Gasteiger charge is 2.27. The van der Waals surface area contributed by atoms with Crippen LogP contribution in [-0.4, -0.2) is 62.9 Å². The molecule has 1 aliphatic rings. The summed E-state index contributed by atoms with van der Waals surface area (Å²) in [5, 5.41) is 9.77. The van der Waals surface area contributed by atoms with Gasteiger partial charge in [0.2, 0.25) is 0 Å². The molecule has 2 amide bonds. The van der Waals surface area contributed by atoms with E-state index in [1.165, 1.54) is 24.7 Å². The first-order chi connectivity index (χ1) is 11.2. The minimum absolute atomic E-state index is 0.0319. The van der Waals surface area contributed by atoms with Crippen molar-refractivity contribution in [1.29, 1.82) is 0 Å². The zero-order chi connectivity index (χ0) is 16.2. The van der Waals surface area contributed by atoms with Gasteiger partial charge in [0.05, 0.1) is 11.8 Å². The molecule has 23 heavy (non-hydrogen) atoms. The van der Waals surface area contributed by atoms with Crippen LogP contribution in [0.1, 0.15) is 20.8 Å². The summed E-state index contributed by atoms with van der Waals surface area (Å²) >= 11 is 0. The molecule has 0 saturated carbocycles. The van der Waals surface area contributed by atoms with Crippen molar-refractivity contribution in [3.8, 4) is 5.75 Å². The molecular formula is C16H16N4O3. The topological polar surface area (TPSA) is 86.6 Å². The smallest absolute Gasteiger partial charge is 0.274 e. The molecule has 1 saturated heterocycles. The first-order valence-electron chi connectivity index (χ1n) is 7.29. The summed E-state index contributed by atoms with van der Waals surface area (Å²) < 4.78 is 0. The summed E-state index contributed by atoms with van der Waals surface area (Å²) in [6, 6.07) is 6.46. The molecule has 7 nitrogen and oxygen atoms in total. The van der Waals surface area contributed by atoms with Crippen LogP contribution < -0.4 is 0 Å². The third kappa shape index (κ3) is 3.13. The molecule has 118 valence electrons. The van der Waals surface area contributed by atoms with Crippen LogP contribution in [-0.2, 0) is 0 Å². The van der Waals surface area contributed by atoms with E-state index in [9.17, 15) is 14.7 Å². The Kier molecular flexibility index (Phi) is 4.18. The van der Waals surface area contributed by atoms with Gasteiger partial charge in [-0.1, -0.05) is 12.1 Å². The number of hydrogen-bond acceptors (Lipinski definition) is 5. The van der Waals surface area contributed by atoms with Crippen LogP contribution in [0.4, 0.5) is 0 Å². The minimum atomic E-state index is -0.227. The van der Waals surface area contributed by atoms with Crippen molar-refractivity contribution in [2.24, 2.45) is 0 Å². The summed E-state index contributed by atoms with van der Waals surface area (Å²) in [4.78, 5) is 35.9. The Morgan fingerprint density at radius 2 is 1.61 bits per heavy atom. The van der Waals surface area contributed by atoms with E-state index in [2.05, 4.69) is 9.97 Å². The second-order valence-electron chi connectivity index (χ2n) is 5.19. The summed E-state index contributed by atoms with van der Waals surface area (Å²) in [6.45, 7) is 1.68. The average molecular weight is 312 g/mol. The Bertz CT molecular complexity index is 712. The monoisotopic (exact) mass is 312 g/mol. The molecule has 2 heterocycles. The van der Waals surface area contributed by atoms with Gasteiger partial charge in [-0.25, -0.2) is 4.98 Å². The first-order valence-corrected chi connectivity index (χ1v) is 7.29. The molecule has 0 radical (unpaired) electrons. The fourth-order valence-electron chi connectivity index (χ4n) is 2.51. The van der Waals surface area contributed by atoms with Gasteiger partial charge in [0.15, 0.2) is 0 Å². The zero-order valence-electron chi connectivity index (χ0n) is 12.4. The third-order valence-electron chi connectivity index (χ3n) is 3.77. The van der Waals surface area contributed by atoms with E-state index in [-0.39, 0.29) is 23.1 Å². The summed E-state index contributed by atoms with van der Waals surface area (Å²) in [5.41, 5.74) is 0.578. The number of rotatable bonds is 2. The van der Waals surface area contributed by atoms with E-state index in [0.717, 1.165) is 0 Å². The molecule has 1 aromatic heterocycles. The number of phenols is 1. The largest absolute Gasteiger partial charge is 0.507 e. The number of amides is 2. The number of aromatic hydroxyl groups is 1. The molecule has 1 aliphatic heterocycles. The normalized spacial score (nSPS) is 14.6. The maximum Gasteiger partial charge on any atom is 0.274 e. The molecule has 7 heteroatoms. The van der Waals surface area contributed by atoms with Crippen LogP contribution in [0.25, 0.3) is 0 Å². The fraction of sp³-hybridized carbons (Fsp3) is 0.250. The van der Waals surface area contributed by atoms with E-state index in [4.69, 9.17) is 0 Å². The van der Waals surface area contributed by atoms with Gasteiger partial charge in [-0.15, -0.1) is 0 Å². The van der Waals surface area contributed by atoms with E-state index in [1.54, 1.807) is 28.0 Å². The number of carbonyl (C=O) groups excluding carboxylic acids is 2. The fourth-order valence-corrected chi connectivity index (χ4v) is 2.51. The number of hydrogen-bond donors (Lipinski definition) is 1. The molecular weight excluding hydrogens is 296 g/mol. The molecule has 2 aromatic rings. The summed E-state index contributed by atoms with van der Waals surface area (Å²) in [7, 11) is 0. The molecule has 1 aromatic carbocycles.